The zero-order valence-electron chi connectivity index (χ0n) is 28.7. The van der Waals surface area contributed by atoms with Gasteiger partial charge in [0.15, 0.2) is 5.58 Å². The number of benzene rings is 9. The fourth-order valence-electron chi connectivity index (χ4n) is 8.20. The summed E-state index contributed by atoms with van der Waals surface area (Å²) in [6.45, 7) is 0. The Kier molecular flexibility index (Phi) is 6.55. The van der Waals surface area contributed by atoms with E-state index in [2.05, 4.69) is 175 Å². The number of fused-ring (bicyclic) bond motifs is 9. The van der Waals surface area contributed by atoms with Crippen LogP contribution in [0.2, 0.25) is 0 Å². The summed E-state index contributed by atoms with van der Waals surface area (Å²) in [4.78, 5) is 2.34. The molecule has 0 unspecified atom stereocenters. The van der Waals surface area contributed by atoms with Crippen LogP contribution in [-0.2, 0) is 0 Å². The van der Waals surface area contributed by atoms with Crippen LogP contribution in [0.1, 0.15) is 0 Å². The van der Waals surface area contributed by atoms with E-state index < -0.39 is 0 Å². The molecule has 0 aliphatic heterocycles. The monoisotopic (exact) mass is 677 g/mol. The van der Waals surface area contributed by atoms with Gasteiger partial charge in [-0.2, -0.15) is 0 Å². The third-order valence-electron chi connectivity index (χ3n) is 10.6. The molecular weight excluding hydrogens is 647 g/mol. The molecule has 0 aliphatic carbocycles. The Balaban J connectivity index is 1.25. The SMILES string of the molecule is c1ccc(-c2ccc(N(c3ccc4ccccc4c3)c3ccc(-c4cccc5ccccc45)c4c3oc3ccc5oc6ccccc6c5c34)cc2)cc1. The second kappa shape index (κ2) is 11.7. The molecule has 11 rings (SSSR count). The first-order valence-electron chi connectivity index (χ1n) is 18.0. The standard InChI is InChI=1S/C50H31NO2/c1-2-11-32(12-3-1)34-21-24-37(25-22-34)51(38-26-23-33-13-4-5-15-36(33)31-38)43-28-27-41(40-19-10-16-35-14-6-7-17-39(35)40)48-49-46(53-50(43)48)30-29-45-47(49)42-18-8-9-20-44(42)52-45/h1-31H. The van der Waals surface area contributed by atoms with Crippen LogP contribution in [0.4, 0.5) is 17.1 Å². The molecule has 53 heavy (non-hydrogen) atoms. The first-order chi connectivity index (χ1) is 26.3. The van der Waals surface area contributed by atoms with Crippen LogP contribution >= 0.6 is 0 Å². The molecule has 3 nitrogen and oxygen atoms in total. The Bertz CT molecular complexity index is 3160. The normalized spacial score (nSPS) is 11.8. The van der Waals surface area contributed by atoms with Crippen molar-refractivity contribution in [2.45, 2.75) is 0 Å². The Morgan fingerprint density at radius 2 is 1.00 bits per heavy atom. The summed E-state index contributed by atoms with van der Waals surface area (Å²) in [7, 11) is 0. The quantitative estimate of drug-likeness (QED) is 0.182. The van der Waals surface area contributed by atoms with Crippen molar-refractivity contribution in [2.24, 2.45) is 0 Å². The van der Waals surface area contributed by atoms with Crippen LogP contribution in [0.25, 0.3) is 87.7 Å². The molecule has 0 amide bonds. The predicted molar refractivity (Wildman–Crippen MR) is 222 cm³/mol. The van der Waals surface area contributed by atoms with Crippen molar-refractivity contribution in [3.05, 3.63) is 188 Å². The molecule has 2 aromatic heterocycles. The van der Waals surface area contributed by atoms with Crippen molar-refractivity contribution < 1.29 is 8.83 Å². The molecule has 0 aliphatic rings. The van der Waals surface area contributed by atoms with E-state index in [1.54, 1.807) is 0 Å². The smallest absolute Gasteiger partial charge is 0.160 e. The van der Waals surface area contributed by atoms with Crippen molar-refractivity contribution in [2.75, 3.05) is 4.90 Å². The average Bonchev–Trinajstić information content (AvgIpc) is 3.80. The molecule has 0 spiro atoms. The molecule has 0 saturated heterocycles. The van der Waals surface area contributed by atoms with Gasteiger partial charge >= 0.3 is 0 Å². The number of para-hydroxylation sites is 1. The molecule has 9 aromatic carbocycles. The van der Waals surface area contributed by atoms with E-state index in [0.717, 1.165) is 72.1 Å². The van der Waals surface area contributed by atoms with E-state index in [9.17, 15) is 0 Å². The van der Waals surface area contributed by atoms with E-state index in [4.69, 9.17) is 8.83 Å². The Morgan fingerprint density at radius 1 is 0.340 bits per heavy atom. The molecule has 0 bridgehead atoms. The summed E-state index contributed by atoms with van der Waals surface area (Å²) >= 11 is 0. The van der Waals surface area contributed by atoms with Gasteiger partial charge < -0.3 is 13.7 Å². The van der Waals surface area contributed by atoms with Gasteiger partial charge in [0.1, 0.15) is 16.7 Å². The summed E-state index contributed by atoms with van der Waals surface area (Å²) < 4.78 is 13.6. The van der Waals surface area contributed by atoms with E-state index in [0.29, 0.717) is 0 Å². The molecule has 0 N–H and O–H groups in total. The van der Waals surface area contributed by atoms with E-state index in [1.165, 1.54) is 32.7 Å². The summed E-state index contributed by atoms with van der Waals surface area (Å²) in [6.07, 6.45) is 0. The molecule has 248 valence electrons. The summed E-state index contributed by atoms with van der Waals surface area (Å²) in [5.74, 6) is 0. The highest BCUT2D eigenvalue weighted by atomic mass is 16.3. The van der Waals surface area contributed by atoms with Crippen molar-refractivity contribution in [3.63, 3.8) is 0 Å². The van der Waals surface area contributed by atoms with Crippen molar-refractivity contribution >= 4 is 82.5 Å². The molecule has 0 fully saturated rings. The lowest BCUT2D eigenvalue weighted by Crippen LogP contribution is -2.10. The van der Waals surface area contributed by atoms with Crippen LogP contribution in [0.15, 0.2) is 197 Å². The number of anilines is 3. The maximum absolute atomic E-state index is 7.11. The third kappa shape index (κ3) is 4.68. The largest absolute Gasteiger partial charge is 0.456 e. The lowest BCUT2D eigenvalue weighted by molar-refractivity contribution is 0.663. The maximum atomic E-state index is 7.11. The number of hydrogen-bond acceptors (Lipinski definition) is 3. The Labute approximate surface area is 305 Å². The zero-order valence-corrected chi connectivity index (χ0v) is 28.7. The fraction of sp³-hybridized carbons (Fsp3) is 0. The Morgan fingerprint density at radius 3 is 1.85 bits per heavy atom. The number of rotatable bonds is 5. The topological polar surface area (TPSA) is 29.5 Å². The fourth-order valence-corrected chi connectivity index (χ4v) is 8.20. The molecule has 11 aromatic rings. The summed E-state index contributed by atoms with van der Waals surface area (Å²) in [6, 6.07) is 66.7. The second-order valence-electron chi connectivity index (χ2n) is 13.7. The van der Waals surface area contributed by atoms with Crippen molar-refractivity contribution in [3.8, 4) is 22.3 Å². The number of hydrogen-bond donors (Lipinski definition) is 0. The van der Waals surface area contributed by atoms with Gasteiger partial charge in [-0.3, -0.25) is 0 Å². The van der Waals surface area contributed by atoms with Crippen LogP contribution < -0.4 is 4.90 Å². The molecule has 2 heterocycles. The zero-order chi connectivity index (χ0) is 34.9. The minimum absolute atomic E-state index is 0.823. The number of furan rings is 2. The first kappa shape index (κ1) is 29.6. The van der Waals surface area contributed by atoms with Crippen LogP contribution in [-0.4, -0.2) is 0 Å². The van der Waals surface area contributed by atoms with Crippen molar-refractivity contribution in [1.29, 1.82) is 0 Å². The number of nitrogens with zero attached hydrogens (tertiary/aromatic N) is 1. The Hall–Kier alpha value is -7.10. The lowest BCUT2D eigenvalue weighted by Gasteiger charge is -2.26. The molecule has 3 heteroatoms. The van der Waals surface area contributed by atoms with Crippen molar-refractivity contribution in [1.82, 2.24) is 0 Å². The second-order valence-corrected chi connectivity index (χ2v) is 13.7. The maximum Gasteiger partial charge on any atom is 0.160 e. The highest BCUT2D eigenvalue weighted by Crippen LogP contribution is 2.49. The lowest BCUT2D eigenvalue weighted by atomic mass is 9.93. The van der Waals surface area contributed by atoms with Gasteiger partial charge in [0.2, 0.25) is 0 Å². The molecular formula is C50H31NO2. The first-order valence-corrected chi connectivity index (χ1v) is 18.0. The van der Waals surface area contributed by atoms with Gasteiger partial charge in [0, 0.05) is 32.9 Å². The van der Waals surface area contributed by atoms with Crippen LogP contribution in [0, 0.1) is 0 Å². The minimum atomic E-state index is 0.823. The summed E-state index contributed by atoms with van der Waals surface area (Å²) in [5, 5.41) is 9.05. The van der Waals surface area contributed by atoms with Gasteiger partial charge in [0.25, 0.3) is 0 Å². The van der Waals surface area contributed by atoms with E-state index in [-0.39, 0.29) is 0 Å². The molecule has 0 atom stereocenters. The van der Waals surface area contributed by atoms with Gasteiger partial charge in [-0.15, -0.1) is 0 Å². The summed E-state index contributed by atoms with van der Waals surface area (Å²) in [5.41, 5.74) is 11.1. The van der Waals surface area contributed by atoms with E-state index in [1.807, 2.05) is 18.2 Å². The predicted octanol–water partition coefficient (Wildman–Crippen LogP) is 14.6. The van der Waals surface area contributed by atoms with Gasteiger partial charge in [0.05, 0.1) is 5.69 Å². The average molecular weight is 678 g/mol. The third-order valence-corrected chi connectivity index (χ3v) is 10.6. The minimum Gasteiger partial charge on any atom is -0.456 e. The van der Waals surface area contributed by atoms with Crippen LogP contribution in [0.5, 0.6) is 0 Å². The highest BCUT2D eigenvalue weighted by Gasteiger charge is 2.25. The molecule has 0 saturated carbocycles. The highest BCUT2D eigenvalue weighted by molar-refractivity contribution is 6.30. The molecule has 0 radical (unpaired) electrons. The van der Waals surface area contributed by atoms with E-state index >= 15 is 0 Å². The van der Waals surface area contributed by atoms with Gasteiger partial charge in [-0.05, 0) is 92.3 Å². The van der Waals surface area contributed by atoms with Gasteiger partial charge in [-0.25, -0.2) is 0 Å². The van der Waals surface area contributed by atoms with Gasteiger partial charge in [-0.1, -0.05) is 140 Å². The van der Waals surface area contributed by atoms with Crippen LogP contribution in [0.3, 0.4) is 0 Å².